The van der Waals surface area contributed by atoms with Crippen molar-refractivity contribution in [2.24, 2.45) is 4.99 Å². The summed E-state index contributed by atoms with van der Waals surface area (Å²) in [7, 11) is 0. The molecule has 1 aromatic heterocycles. The summed E-state index contributed by atoms with van der Waals surface area (Å²) in [5.74, 6) is 0.689. The maximum absolute atomic E-state index is 12.6. The molecule has 2 aliphatic rings. The molecule has 6 heteroatoms. The van der Waals surface area contributed by atoms with Gasteiger partial charge in [0.25, 0.3) is 5.56 Å². The van der Waals surface area contributed by atoms with E-state index in [9.17, 15) is 4.79 Å². The summed E-state index contributed by atoms with van der Waals surface area (Å²) in [6.07, 6.45) is 6.08. The summed E-state index contributed by atoms with van der Waals surface area (Å²) < 4.78 is 0. The molecule has 2 aliphatic heterocycles. The quantitative estimate of drug-likeness (QED) is 0.843. The van der Waals surface area contributed by atoms with Gasteiger partial charge in [-0.1, -0.05) is 12.1 Å². The van der Waals surface area contributed by atoms with Gasteiger partial charge >= 0.3 is 0 Å². The summed E-state index contributed by atoms with van der Waals surface area (Å²) in [5.41, 5.74) is 4.01. The van der Waals surface area contributed by atoms with Gasteiger partial charge < -0.3 is 4.98 Å². The molecule has 0 fully saturated rings. The van der Waals surface area contributed by atoms with E-state index in [-0.39, 0.29) is 5.56 Å². The standard InChI is InChI=1S/C20H24N4OS/c1-26-15-7-5-14(6-8-15)12-24-11-9-17-16(13-24)20(25)23-19(22-17)18-4-2-3-10-21-18/h5-8H,2-4,9-13H2,1H3,(H,22,23,25). The van der Waals surface area contributed by atoms with E-state index in [2.05, 4.69) is 45.4 Å². The SMILES string of the molecule is CSc1ccc(CN2CCc3nc(C4=NCCCC4)[nH]c(=O)c3C2)cc1. The zero-order valence-corrected chi connectivity index (χ0v) is 15.9. The Kier molecular flexibility index (Phi) is 5.22. The molecule has 5 nitrogen and oxygen atoms in total. The summed E-state index contributed by atoms with van der Waals surface area (Å²) in [6.45, 7) is 3.30. The monoisotopic (exact) mass is 368 g/mol. The van der Waals surface area contributed by atoms with E-state index in [1.54, 1.807) is 11.8 Å². The van der Waals surface area contributed by atoms with Crippen LogP contribution in [-0.4, -0.2) is 39.9 Å². The van der Waals surface area contributed by atoms with Crippen molar-refractivity contribution >= 4 is 17.5 Å². The van der Waals surface area contributed by atoms with E-state index in [0.717, 1.165) is 62.3 Å². The Morgan fingerprint density at radius 2 is 2.04 bits per heavy atom. The first kappa shape index (κ1) is 17.5. The molecule has 2 aromatic rings. The van der Waals surface area contributed by atoms with Crippen LogP contribution >= 0.6 is 11.8 Å². The second-order valence-electron chi connectivity index (χ2n) is 6.93. The lowest BCUT2D eigenvalue weighted by molar-refractivity contribution is 0.241. The van der Waals surface area contributed by atoms with Crippen molar-refractivity contribution in [3.8, 4) is 0 Å². The number of aromatic amines is 1. The summed E-state index contributed by atoms with van der Waals surface area (Å²) in [6, 6.07) is 8.66. The van der Waals surface area contributed by atoms with Gasteiger partial charge in [-0.2, -0.15) is 0 Å². The molecule has 0 spiro atoms. The van der Waals surface area contributed by atoms with Crippen molar-refractivity contribution in [1.29, 1.82) is 0 Å². The molecule has 0 saturated heterocycles. The van der Waals surface area contributed by atoms with Crippen LogP contribution in [0.1, 0.15) is 41.9 Å². The molecule has 0 saturated carbocycles. The van der Waals surface area contributed by atoms with Crippen LogP contribution in [0.25, 0.3) is 0 Å². The van der Waals surface area contributed by atoms with Crippen LogP contribution < -0.4 is 5.56 Å². The van der Waals surface area contributed by atoms with E-state index in [4.69, 9.17) is 4.98 Å². The van der Waals surface area contributed by atoms with Crippen LogP contribution in [0, 0.1) is 0 Å². The molecule has 4 rings (SSSR count). The van der Waals surface area contributed by atoms with Crippen LogP contribution in [0.4, 0.5) is 0 Å². The lowest BCUT2D eigenvalue weighted by Crippen LogP contribution is -2.36. The molecule has 0 bridgehead atoms. The third-order valence-corrected chi connectivity index (χ3v) is 5.85. The van der Waals surface area contributed by atoms with Crippen LogP contribution in [0.2, 0.25) is 0 Å². The predicted molar refractivity (Wildman–Crippen MR) is 106 cm³/mol. The summed E-state index contributed by atoms with van der Waals surface area (Å²) >= 11 is 1.75. The molecule has 1 N–H and O–H groups in total. The van der Waals surface area contributed by atoms with Gasteiger partial charge in [0.15, 0.2) is 5.82 Å². The zero-order chi connectivity index (χ0) is 17.9. The average Bonchev–Trinajstić information content (AvgIpc) is 2.69. The Morgan fingerprint density at radius 3 is 2.77 bits per heavy atom. The number of H-pyrrole nitrogens is 1. The molecule has 1 aromatic carbocycles. The van der Waals surface area contributed by atoms with E-state index in [0.29, 0.717) is 12.4 Å². The minimum atomic E-state index is 0.000652. The first-order valence-electron chi connectivity index (χ1n) is 9.24. The minimum absolute atomic E-state index is 0.000652. The molecule has 26 heavy (non-hydrogen) atoms. The molecule has 0 radical (unpaired) electrons. The highest BCUT2D eigenvalue weighted by Gasteiger charge is 2.22. The van der Waals surface area contributed by atoms with Crippen LogP contribution in [0.3, 0.4) is 0 Å². The maximum atomic E-state index is 12.6. The van der Waals surface area contributed by atoms with Gasteiger partial charge in [0, 0.05) is 37.5 Å². The highest BCUT2D eigenvalue weighted by atomic mass is 32.2. The third kappa shape index (κ3) is 3.76. The van der Waals surface area contributed by atoms with Gasteiger partial charge in [0.05, 0.1) is 17.0 Å². The highest BCUT2D eigenvalue weighted by molar-refractivity contribution is 7.98. The van der Waals surface area contributed by atoms with Crippen molar-refractivity contribution in [2.75, 3.05) is 19.3 Å². The number of nitrogens with zero attached hydrogens (tertiary/aromatic N) is 3. The predicted octanol–water partition coefficient (Wildman–Crippen LogP) is 3.02. The highest BCUT2D eigenvalue weighted by Crippen LogP contribution is 2.20. The van der Waals surface area contributed by atoms with E-state index in [1.165, 1.54) is 10.5 Å². The van der Waals surface area contributed by atoms with Gasteiger partial charge in [0.2, 0.25) is 0 Å². The largest absolute Gasteiger partial charge is 0.305 e. The molecular weight excluding hydrogens is 344 g/mol. The Labute approximate surface area is 158 Å². The van der Waals surface area contributed by atoms with E-state index >= 15 is 0 Å². The van der Waals surface area contributed by atoms with Crippen molar-refractivity contribution in [3.63, 3.8) is 0 Å². The fourth-order valence-corrected chi connectivity index (χ4v) is 4.04. The first-order chi connectivity index (χ1) is 12.7. The topological polar surface area (TPSA) is 61.4 Å². The lowest BCUT2D eigenvalue weighted by Gasteiger charge is -2.28. The van der Waals surface area contributed by atoms with Crippen molar-refractivity contribution < 1.29 is 0 Å². The summed E-state index contributed by atoms with van der Waals surface area (Å²) in [5, 5.41) is 0. The van der Waals surface area contributed by atoms with Crippen molar-refractivity contribution in [1.82, 2.24) is 14.9 Å². The smallest absolute Gasteiger partial charge is 0.255 e. The minimum Gasteiger partial charge on any atom is -0.305 e. The van der Waals surface area contributed by atoms with Crippen molar-refractivity contribution in [2.45, 2.75) is 43.7 Å². The Morgan fingerprint density at radius 1 is 1.19 bits per heavy atom. The second kappa shape index (κ2) is 7.76. The first-order valence-corrected chi connectivity index (χ1v) is 10.5. The van der Waals surface area contributed by atoms with Crippen molar-refractivity contribution in [3.05, 3.63) is 57.3 Å². The van der Waals surface area contributed by atoms with Gasteiger partial charge in [0.1, 0.15) is 0 Å². The number of rotatable bonds is 4. The number of fused-ring (bicyclic) bond motifs is 1. The number of aliphatic imine (C=N–C) groups is 1. The van der Waals surface area contributed by atoms with Crippen LogP contribution in [0.15, 0.2) is 38.9 Å². The molecule has 0 unspecified atom stereocenters. The van der Waals surface area contributed by atoms with Gasteiger partial charge in [-0.3, -0.25) is 14.7 Å². The van der Waals surface area contributed by atoms with Crippen LogP contribution in [0.5, 0.6) is 0 Å². The Hall–Kier alpha value is -1.92. The fourth-order valence-electron chi connectivity index (χ4n) is 3.63. The number of thioether (sulfide) groups is 1. The Bertz CT molecular complexity index is 872. The number of aromatic nitrogens is 2. The second-order valence-corrected chi connectivity index (χ2v) is 7.81. The van der Waals surface area contributed by atoms with Gasteiger partial charge in [-0.05, 0) is 43.2 Å². The maximum Gasteiger partial charge on any atom is 0.255 e. The average molecular weight is 369 g/mol. The normalized spacial score (nSPS) is 17.7. The molecule has 3 heterocycles. The van der Waals surface area contributed by atoms with E-state index < -0.39 is 0 Å². The fraction of sp³-hybridized carbons (Fsp3) is 0.450. The molecule has 0 atom stereocenters. The molecule has 0 aliphatic carbocycles. The number of benzene rings is 1. The molecular formula is C20H24N4OS. The lowest BCUT2D eigenvalue weighted by atomic mass is 10.0. The van der Waals surface area contributed by atoms with Gasteiger partial charge in [-0.15, -0.1) is 11.8 Å². The summed E-state index contributed by atoms with van der Waals surface area (Å²) in [4.78, 5) is 28.5. The zero-order valence-electron chi connectivity index (χ0n) is 15.1. The third-order valence-electron chi connectivity index (χ3n) is 5.11. The number of hydrogen-bond donors (Lipinski definition) is 1. The van der Waals surface area contributed by atoms with Crippen LogP contribution in [-0.2, 0) is 19.5 Å². The molecule has 0 amide bonds. The number of nitrogens with one attached hydrogen (secondary N) is 1. The number of hydrogen-bond acceptors (Lipinski definition) is 5. The van der Waals surface area contributed by atoms with E-state index in [1.807, 2.05) is 0 Å². The molecule has 136 valence electrons. The van der Waals surface area contributed by atoms with Gasteiger partial charge in [-0.25, -0.2) is 4.98 Å². The Balaban J connectivity index is 1.51.